The van der Waals surface area contributed by atoms with Gasteiger partial charge in [0.05, 0.1) is 6.10 Å². The van der Waals surface area contributed by atoms with Crippen molar-refractivity contribution in [2.75, 3.05) is 0 Å². The number of aryl methyl sites for hydroxylation is 1. The number of benzene rings is 2. The normalized spacial score (nSPS) is 27.1. The number of carbonyl (C=O) groups excluding carboxylic acids is 1. The first-order chi connectivity index (χ1) is 12.4. The van der Waals surface area contributed by atoms with Crippen molar-refractivity contribution < 1.29 is 9.90 Å². The predicted molar refractivity (Wildman–Crippen MR) is 107 cm³/mol. The van der Waals surface area contributed by atoms with E-state index in [1.807, 2.05) is 12.1 Å². The summed E-state index contributed by atoms with van der Waals surface area (Å²) in [6, 6.07) is 14.0. The fourth-order valence-electron chi connectivity index (χ4n) is 4.49. The molecule has 4 heteroatoms. The Morgan fingerprint density at radius 3 is 2.38 bits per heavy atom. The highest BCUT2D eigenvalue weighted by atomic mass is 35.5. The third-order valence-corrected chi connectivity index (χ3v) is 6.27. The molecule has 138 valence electrons. The lowest BCUT2D eigenvalue weighted by Crippen LogP contribution is -2.39. The van der Waals surface area contributed by atoms with Crippen LogP contribution in [0.4, 0.5) is 0 Å². The van der Waals surface area contributed by atoms with Crippen molar-refractivity contribution in [2.24, 2.45) is 11.8 Å². The summed E-state index contributed by atoms with van der Waals surface area (Å²) in [6.07, 6.45) is 2.04. The van der Waals surface area contributed by atoms with Crippen molar-refractivity contribution in [3.05, 3.63) is 69.2 Å². The lowest BCUT2D eigenvalue weighted by atomic mass is 9.61. The number of aliphatic hydroxyl groups excluding tert-OH is 1. The van der Waals surface area contributed by atoms with E-state index >= 15 is 0 Å². The average Bonchev–Trinajstić information content (AvgIpc) is 2.61. The van der Waals surface area contributed by atoms with Crippen molar-refractivity contribution in [1.82, 2.24) is 0 Å². The molecular formula is C22H24Cl2O2. The van der Waals surface area contributed by atoms with Gasteiger partial charge in [0.2, 0.25) is 0 Å². The van der Waals surface area contributed by atoms with Crippen molar-refractivity contribution in [3.8, 4) is 0 Å². The molecule has 1 saturated carbocycles. The van der Waals surface area contributed by atoms with Crippen molar-refractivity contribution in [2.45, 2.75) is 44.6 Å². The van der Waals surface area contributed by atoms with Gasteiger partial charge in [-0.15, -0.1) is 0 Å². The van der Waals surface area contributed by atoms with E-state index in [2.05, 4.69) is 31.2 Å². The lowest BCUT2D eigenvalue weighted by molar-refractivity contribution is -0.116. The summed E-state index contributed by atoms with van der Waals surface area (Å²) in [4.78, 5) is 11.7. The Morgan fingerprint density at radius 1 is 1.12 bits per heavy atom. The molecule has 2 aromatic rings. The first kappa shape index (κ1) is 19.4. The second-order valence-corrected chi connectivity index (χ2v) is 8.25. The molecule has 0 aromatic heterocycles. The third-order valence-electron chi connectivity index (χ3n) is 5.71. The van der Waals surface area contributed by atoms with Gasteiger partial charge in [0, 0.05) is 21.9 Å². The number of aldehydes is 1. The first-order valence-electron chi connectivity index (χ1n) is 9.07. The zero-order valence-electron chi connectivity index (χ0n) is 15.0. The van der Waals surface area contributed by atoms with Crippen LogP contribution in [0.2, 0.25) is 10.0 Å². The van der Waals surface area contributed by atoms with E-state index in [1.165, 1.54) is 5.56 Å². The predicted octanol–water partition coefficient (Wildman–Crippen LogP) is 5.78. The molecule has 0 spiro atoms. The standard InChI is InChI=1S/C22H24Cl2O2/c1-13-3-5-15(6-4-13)22-19(18-10-8-17(23)11-20(18)24)9-7-16(12-25)21(22)14(2)26/h3-6,8,10-12,14,16,19,21-22,26H,7,9H2,1-2H3. The molecule has 2 aromatic carbocycles. The summed E-state index contributed by atoms with van der Waals surface area (Å²) in [5, 5.41) is 11.8. The summed E-state index contributed by atoms with van der Waals surface area (Å²) in [7, 11) is 0. The molecule has 5 unspecified atom stereocenters. The monoisotopic (exact) mass is 390 g/mol. The number of hydrogen-bond donors (Lipinski definition) is 1. The number of aliphatic hydroxyl groups is 1. The zero-order chi connectivity index (χ0) is 18.8. The van der Waals surface area contributed by atoms with Gasteiger partial charge in [-0.05, 0) is 61.8 Å². The van der Waals surface area contributed by atoms with Crippen molar-refractivity contribution in [1.29, 1.82) is 0 Å². The molecule has 5 atom stereocenters. The molecule has 3 rings (SSSR count). The molecule has 0 saturated heterocycles. The molecule has 1 N–H and O–H groups in total. The molecule has 0 radical (unpaired) electrons. The molecule has 2 nitrogen and oxygen atoms in total. The summed E-state index contributed by atoms with van der Waals surface area (Å²) in [6.45, 7) is 3.84. The summed E-state index contributed by atoms with van der Waals surface area (Å²) >= 11 is 12.6. The van der Waals surface area contributed by atoms with E-state index in [0.29, 0.717) is 10.0 Å². The lowest BCUT2D eigenvalue weighted by Gasteiger charge is -2.43. The highest BCUT2D eigenvalue weighted by Crippen LogP contribution is 2.51. The second-order valence-electron chi connectivity index (χ2n) is 7.40. The van der Waals surface area contributed by atoms with Gasteiger partial charge >= 0.3 is 0 Å². The van der Waals surface area contributed by atoms with Crippen LogP contribution in [0.3, 0.4) is 0 Å². The number of halogens is 2. The average molecular weight is 391 g/mol. The van der Waals surface area contributed by atoms with E-state index in [4.69, 9.17) is 23.2 Å². The van der Waals surface area contributed by atoms with Crippen LogP contribution in [0.25, 0.3) is 0 Å². The van der Waals surface area contributed by atoms with E-state index in [0.717, 1.165) is 30.3 Å². The first-order valence-corrected chi connectivity index (χ1v) is 9.83. The van der Waals surface area contributed by atoms with Gasteiger partial charge in [0.1, 0.15) is 6.29 Å². The minimum atomic E-state index is -0.578. The van der Waals surface area contributed by atoms with Crippen LogP contribution in [0, 0.1) is 18.8 Å². The number of hydrogen-bond acceptors (Lipinski definition) is 2. The fraction of sp³-hybridized carbons (Fsp3) is 0.409. The Labute approximate surface area is 165 Å². The maximum absolute atomic E-state index is 11.7. The maximum Gasteiger partial charge on any atom is 0.123 e. The summed E-state index contributed by atoms with van der Waals surface area (Å²) in [5.41, 5.74) is 3.37. The topological polar surface area (TPSA) is 37.3 Å². The molecular weight excluding hydrogens is 367 g/mol. The van der Waals surface area contributed by atoms with Gasteiger partial charge in [0.15, 0.2) is 0 Å². The quantitative estimate of drug-likeness (QED) is 0.672. The van der Waals surface area contributed by atoms with Crippen LogP contribution in [-0.2, 0) is 4.79 Å². The highest BCUT2D eigenvalue weighted by molar-refractivity contribution is 6.35. The highest BCUT2D eigenvalue weighted by Gasteiger charge is 2.43. The van der Waals surface area contributed by atoms with Gasteiger partial charge < -0.3 is 9.90 Å². The van der Waals surface area contributed by atoms with Gasteiger partial charge in [-0.3, -0.25) is 0 Å². The third kappa shape index (κ3) is 3.83. The molecule has 1 aliphatic rings. The fourth-order valence-corrected chi connectivity index (χ4v) is 5.04. The Morgan fingerprint density at radius 2 is 1.81 bits per heavy atom. The van der Waals surface area contributed by atoms with Gasteiger partial charge in [-0.1, -0.05) is 59.1 Å². The molecule has 0 bridgehead atoms. The van der Waals surface area contributed by atoms with E-state index < -0.39 is 6.10 Å². The van der Waals surface area contributed by atoms with Crippen LogP contribution in [0.5, 0.6) is 0 Å². The SMILES string of the molecule is Cc1ccc(C2C(c3ccc(Cl)cc3Cl)CCC(C=O)C2C(C)O)cc1. The minimum Gasteiger partial charge on any atom is -0.393 e. The Balaban J connectivity index is 2.11. The Kier molecular flexibility index (Phi) is 6.06. The molecule has 1 fully saturated rings. The van der Waals surface area contributed by atoms with Gasteiger partial charge in [-0.2, -0.15) is 0 Å². The molecule has 0 aliphatic heterocycles. The van der Waals surface area contributed by atoms with Crippen LogP contribution in [0.15, 0.2) is 42.5 Å². The Hall–Kier alpha value is -1.35. The second kappa shape index (κ2) is 8.12. The summed E-state index contributed by atoms with van der Waals surface area (Å²) < 4.78 is 0. The van der Waals surface area contributed by atoms with Gasteiger partial charge in [-0.25, -0.2) is 0 Å². The van der Waals surface area contributed by atoms with Crippen LogP contribution < -0.4 is 0 Å². The number of rotatable bonds is 4. The number of carbonyl (C=O) groups is 1. The van der Waals surface area contributed by atoms with Crippen molar-refractivity contribution >= 4 is 29.5 Å². The minimum absolute atomic E-state index is 0.0261. The van der Waals surface area contributed by atoms with E-state index in [9.17, 15) is 9.90 Å². The smallest absolute Gasteiger partial charge is 0.123 e. The molecule has 0 amide bonds. The largest absolute Gasteiger partial charge is 0.393 e. The zero-order valence-corrected chi connectivity index (χ0v) is 16.5. The maximum atomic E-state index is 11.7. The Bertz CT molecular complexity index is 770. The molecule has 0 heterocycles. The van der Waals surface area contributed by atoms with Gasteiger partial charge in [0.25, 0.3) is 0 Å². The van der Waals surface area contributed by atoms with Crippen LogP contribution >= 0.6 is 23.2 Å². The molecule has 1 aliphatic carbocycles. The summed E-state index contributed by atoms with van der Waals surface area (Å²) in [5.74, 6) is -0.124. The van der Waals surface area contributed by atoms with E-state index in [-0.39, 0.29) is 23.7 Å². The van der Waals surface area contributed by atoms with Crippen LogP contribution in [-0.4, -0.2) is 17.5 Å². The van der Waals surface area contributed by atoms with E-state index in [1.54, 1.807) is 13.0 Å². The van der Waals surface area contributed by atoms with Crippen LogP contribution in [0.1, 0.15) is 48.3 Å². The van der Waals surface area contributed by atoms with Crippen molar-refractivity contribution in [3.63, 3.8) is 0 Å². The molecule has 26 heavy (non-hydrogen) atoms.